The molecule has 7 heteroatoms. The lowest BCUT2D eigenvalue weighted by Gasteiger charge is -2.29. The first-order valence-electron chi connectivity index (χ1n) is 8.64. The predicted molar refractivity (Wildman–Crippen MR) is 108 cm³/mol. The molecule has 0 saturated carbocycles. The third kappa shape index (κ3) is 5.23. The van der Waals surface area contributed by atoms with Crippen LogP contribution in [0.5, 0.6) is 5.75 Å². The van der Waals surface area contributed by atoms with Crippen LogP contribution in [-0.2, 0) is 14.8 Å². The minimum Gasteiger partial charge on any atom is -0.497 e. The first-order valence-corrected chi connectivity index (χ1v) is 10.5. The second kappa shape index (κ2) is 8.43. The summed E-state index contributed by atoms with van der Waals surface area (Å²) in [7, 11) is -2.12. The molecule has 0 spiro atoms. The Morgan fingerprint density at radius 1 is 1.04 bits per heavy atom. The Kier molecular flexibility index (Phi) is 6.49. The van der Waals surface area contributed by atoms with E-state index >= 15 is 0 Å². The van der Waals surface area contributed by atoms with Gasteiger partial charge in [0.1, 0.15) is 11.8 Å². The van der Waals surface area contributed by atoms with Crippen LogP contribution in [0.25, 0.3) is 0 Å². The lowest BCUT2D eigenvalue weighted by atomic mass is 10.1. The van der Waals surface area contributed by atoms with Crippen LogP contribution < -0.4 is 14.4 Å². The van der Waals surface area contributed by atoms with Crippen molar-refractivity contribution in [3.8, 4) is 5.75 Å². The summed E-state index contributed by atoms with van der Waals surface area (Å²) in [5, 5.41) is 2.89. The first-order chi connectivity index (χ1) is 12.6. The summed E-state index contributed by atoms with van der Waals surface area (Å²) < 4.78 is 30.9. The molecule has 0 radical (unpaired) electrons. The predicted octanol–water partition coefficient (Wildman–Crippen LogP) is 3.04. The fourth-order valence-electron chi connectivity index (χ4n) is 2.81. The highest BCUT2D eigenvalue weighted by Gasteiger charge is 2.29. The molecule has 2 atom stereocenters. The van der Waals surface area contributed by atoms with Crippen LogP contribution >= 0.6 is 0 Å². The Morgan fingerprint density at radius 2 is 1.59 bits per heavy atom. The van der Waals surface area contributed by atoms with Crippen LogP contribution in [0.4, 0.5) is 5.69 Å². The van der Waals surface area contributed by atoms with Crippen molar-refractivity contribution in [2.24, 2.45) is 0 Å². The molecule has 27 heavy (non-hydrogen) atoms. The summed E-state index contributed by atoms with van der Waals surface area (Å²) in [6.45, 7) is 5.43. The number of nitrogens with zero attached hydrogens (tertiary/aromatic N) is 1. The molecule has 0 aromatic heterocycles. The van der Waals surface area contributed by atoms with E-state index in [1.54, 1.807) is 31.2 Å². The van der Waals surface area contributed by atoms with Gasteiger partial charge in [-0.1, -0.05) is 29.8 Å². The number of hydrogen-bond donors (Lipinski definition) is 1. The number of anilines is 1. The molecule has 2 aromatic rings. The second-order valence-electron chi connectivity index (χ2n) is 6.57. The smallest absolute Gasteiger partial charge is 0.244 e. The third-order valence-corrected chi connectivity index (χ3v) is 5.59. The number of nitrogens with one attached hydrogen (secondary N) is 1. The molecule has 0 fully saturated rings. The van der Waals surface area contributed by atoms with Crippen molar-refractivity contribution in [2.45, 2.75) is 32.9 Å². The molecule has 1 amide bonds. The minimum absolute atomic E-state index is 0.238. The summed E-state index contributed by atoms with van der Waals surface area (Å²) >= 11 is 0. The fourth-order valence-corrected chi connectivity index (χ4v) is 3.99. The Morgan fingerprint density at radius 3 is 2.07 bits per heavy atom. The van der Waals surface area contributed by atoms with Gasteiger partial charge < -0.3 is 10.1 Å². The van der Waals surface area contributed by atoms with Gasteiger partial charge in [0.15, 0.2) is 0 Å². The molecule has 0 saturated heterocycles. The van der Waals surface area contributed by atoms with Crippen LogP contribution in [0.15, 0.2) is 48.5 Å². The quantitative estimate of drug-likeness (QED) is 0.788. The maximum Gasteiger partial charge on any atom is 0.244 e. The van der Waals surface area contributed by atoms with Crippen molar-refractivity contribution in [2.75, 3.05) is 17.7 Å². The molecule has 0 bridgehead atoms. The average molecular weight is 391 g/mol. The van der Waals surface area contributed by atoms with Gasteiger partial charge in [-0.2, -0.15) is 0 Å². The Hall–Kier alpha value is -2.54. The number of carbonyl (C=O) groups is 1. The molecule has 0 aliphatic carbocycles. The highest BCUT2D eigenvalue weighted by atomic mass is 32.2. The zero-order valence-electron chi connectivity index (χ0n) is 16.3. The van der Waals surface area contributed by atoms with Gasteiger partial charge in [-0.15, -0.1) is 0 Å². The van der Waals surface area contributed by atoms with Crippen LogP contribution in [0.2, 0.25) is 0 Å². The van der Waals surface area contributed by atoms with Crippen LogP contribution in [0, 0.1) is 6.92 Å². The maximum absolute atomic E-state index is 12.7. The van der Waals surface area contributed by atoms with Gasteiger partial charge in [-0.05, 0) is 50.6 Å². The van der Waals surface area contributed by atoms with Gasteiger partial charge in [0, 0.05) is 0 Å². The van der Waals surface area contributed by atoms with E-state index in [0.717, 1.165) is 21.7 Å². The van der Waals surface area contributed by atoms with E-state index in [9.17, 15) is 13.2 Å². The monoisotopic (exact) mass is 390 g/mol. The number of sulfonamides is 1. The highest BCUT2D eigenvalue weighted by Crippen LogP contribution is 2.24. The van der Waals surface area contributed by atoms with Gasteiger partial charge >= 0.3 is 0 Å². The summed E-state index contributed by atoms with van der Waals surface area (Å²) in [4.78, 5) is 12.7. The van der Waals surface area contributed by atoms with Crippen molar-refractivity contribution in [1.82, 2.24) is 5.32 Å². The number of aryl methyl sites for hydroxylation is 1. The molecular formula is C20H26N2O4S. The molecule has 0 unspecified atom stereocenters. The van der Waals surface area contributed by atoms with Gasteiger partial charge in [0.25, 0.3) is 0 Å². The van der Waals surface area contributed by atoms with Crippen LogP contribution in [0.3, 0.4) is 0 Å². The summed E-state index contributed by atoms with van der Waals surface area (Å²) in [6, 6.07) is 13.3. The van der Waals surface area contributed by atoms with Crippen molar-refractivity contribution in [1.29, 1.82) is 0 Å². The Bertz CT molecular complexity index is 877. The Labute approximate surface area is 161 Å². The molecular weight excluding hydrogens is 364 g/mol. The lowest BCUT2D eigenvalue weighted by molar-refractivity contribution is -0.122. The standard InChI is InChI=1S/C20H26N2O4S/c1-14-6-8-17(9-7-14)15(2)21-20(23)16(3)22(27(5,24)25)18-10-12-19(26-4)13-11-18/h6-13,15-16H,1-5H3,(H,21,23)/t15-,16+/m1/s1. The normalized spacial score (nSPS) is 13.5. The number of ether oxygens (including phenoxy) is 1. The highest BCUT2D eigenvalue weighted by molar-refractivity contribution is 7.92. The maximum atomic E-state index is 12.7. The molecule has 6 nitrogen and oxygen atoms in total. The molecule has 0 aliphatic rings. The van der Waals surface area contributed by atoms with Gasteiger partial charge in [-0.25, -0.2) is 8.42 Å². The van der Waals surface area contributed by atoms with E-state index in [1.165, 1.54) is 7.11 Å². The van der Waals surface area contributed by atoms with Crippen molar-refractivity contribution < 1.29 is 17.9 Å². The topological polar surface area (TPSA) is 75.7 Å². The molecule has 2 aromatic carbocycles. The number of carbonyl (C=O) groups excluding carboxylic acids is 1. The average Bonchev–Trinajstić information content (AvgIpc) is 2.61. The van der Waals surface area contributed by atoms with Gasteiger partial charge in [-0.3, -0.25) is 9.10 Å². The fraction of sp³-hybridized carbons (Fsp3) is 0.350. The molecule has 2 rings (SSSR count). The molecule has 1 N–H and O–H groups in total. The van der Waals surface area contributed by atoms with E-state index < -0.39 is 16.1 Å². The van der Waals surface area contributed by atoms with Crippen molar-refractivity contribution >= 4 is 21.6 Å². The van der Waals surface area contributed by atoms with E-state index in [1.807, 2.05) is 38.1 Å². The lowest BCUT2D eigenvalue weighted by Crippen LogP contribution is -2.48. The number of benzene rings is 2. The number of hydrogen-bond acceptors (Lipinski definition) is 4. The number of rotatable bonds is 7. The number of methoxy groups -OCH3 is 1. The molecule has 146 valence electrons. The zero-order chi connectivity index (χ0) is 20.2. The van der Waals surface area contributed by atoms with Crippen molar-refractivity contribution in [3.63, 3.8) is 0 Å². The molecule has 0 heterocycles. The second-order valence-corrected chi connectivity index (χ2v) is 8.43. The van der Waals surface area contributed by atoms with E-state index in [4.69, 9.17) is 4.74 Å². The van der Waals surface area contributed by atoms with Crippen LogP contribution in [0.1, 0.15) is 31.0 Å². The minimum atomic E-state index is -3.66. The van der Waals surface area contributed by atoms with E-state index in [-0.39, 0.29) is 11.9 Å². The van der Waals surface area contributed by atoms with Gasteiger partial charge in [0.05, 0.1) is 25.1 Å². The largest absolute Gasteiger partial charge is 0.497 e. The van der Waals surface area contributed by atoms with E-state index in [0.29, 0.717) is 11.4 Å². The third-order valence-electron chi connectivity index (χ3n) is 4.35. The Balaban J connectivity index is 2.22. The summed E-state index contributed by atoms with van der Waals surface area (Å²) in [5.74, 6) is 0.238. The summed E-state index contributed by atoms with van der Waals surface area (Å²) in [6.07, 6.45) is 1.09. The first kappa shape index (κ1) is 20.8. The SMILES string of the molecule is COc1ccc(N([C@@H](C)C(=O)N[C@H](C)c2ccc(C)cc2)S(C)(=O)=O)cc1. The summed E-state index contributed by atoms with van der Waals surface area (Å²) in [5.41, 5.74) is 2.49. The van der Waals surface area contributed by atoms with Crippen molar-refractivity contribution in [3.05, 3.63) is 59.7 Å². The van der Waals surface area contributed by atoms with Gasteiger partial charge in [0.2, 0.25) is 15.9 Å². The number of amides is 1. The van der Waals surface area contributed by atoms with E-state index in [2.05, 4.69) is 5.32 Å². The zero-order valence-corrected chi connectivity index (χ0v) is 17.1. The van der Waals surface area contributed by atoms with Crippen LogP contribution in [-0.4, -0.2) is 33.7 Å². The molecule has 0 aliphatic heterocycles.